The van der Waals surface area contributed by atoms with Crippen molar-refractivity contribution in [2.24, 2.45) is 0 Å². The highest BCUT2D eigenvalue weighted by atomic mass is 19.1. The number of aliphatic hydroxyl groups is 1. The topological polar surface area (TPSA) is 82.2 Å². The molecular weight excluding hydrogens is 263 g/mol. The molecule has 3 N–H and O–H groups in total. The molecule has 0 aliphatic carbocycles. The third-order valence-corrected chi connectivity index (χ3v) is 2.75. The summed E-state index contributed by atoms with van der Waals surface area (Å²) in [7, 11) is 0. The number of aliphatic hydroxyl groups excluding tert-OH is 1. The minimum absolute atomic E-state index is 0.0426. The molecule has 1 amide bonds. The largest absolute Gasteiger partial charge is 0.387 e. The Morgan fingerprint density at radius 3 is 2.85 bits per heavy atom. The van der Waals surface area contributed by atoms with Gasteiger partial charge in [0.2, 0.25) is 0 Å². The quantitative estimate of drug-likeness (QED) is 0.778. The standard InChI is InChI=1S/C14H13FN2O3/c15-10-4-1-3-9(7-10)12(18)8-17-14(20)11-5-2-6-16-13(11)19/h1-7,12,18H,8H2,(H,16,19)(H,17,20)/t12-/m1/s1. The molecule has 1 atom stereocenters. The maximum atomic E-state index is 13.0. The van der Waals surface area contributed by atoms with Gasteiger partial charge < -0.3 is 15.4 Å². The summed E-state index contributed by atoms with van der Waals surface area (Å²) in [5.41, 5.74) is -0.198. The van der Waals surface area contributed by atoms with Crippen LogP contribution in [0.4, 0.5) is 4.39 Å². The number of benzene rings is 1. The summed E-state index contributed by atoms with van der Waals surface area (Å²) in [6.45, 7) is -0.114. The van der Waals surface area contributed by atoms with Gasteiger partial charge in [0.05, 0.1) is 6.10 Å². The molecule has 0 radical (unpaired) electrons. The summed E-state index contributed by atoms with van der Waals surface area (Å²) in [4.78, 5) is 25.5. The number of hydrogen-bond acceptors (Lipinski definition) is 3. The molecular formula is C14H13FN2O3. The Morgan fingerprint density at radius 2 is 2.15 bits per heavy atom. The van der Waals surface area contributed by atoms with Crippen LogP contribution in [0.3, 0.4) is 0 Å². The second kappa shape index (κ2) is 6.12. The van der Waals surface area contributed by atoms with Crippen LogP contribution in [0.25, 0.3) is 0 Å². The van der Waals surface area contributed by atoms with Crippen LogP contribution in [0.5, 0.6) is 0 Å². The molecule has 1 aromatic carbocycles. The van der Waals surface area contributed by atoms with Crippen molar-refractivity contribution in [2.45, 2.75) is 6.10 Å². The Balaban J connectivity index is 2.00. The van der Waals surface area contributed by atoms with Crippen molar-refractivity contribution in [1.82, 2.24) is 10.3 Å². The Bertz CT molecular complexity index is 669. The molecule has 0 saturated carbocycles. The molecule has 2 rings (SSSR count). The Labute approximate surface area is 114 Å². The van der Waals surface area contributed by atoms with E-state index in [1.165, 1.54) is 36.5 Å². The molecule has 0 bridgehead atoms. The third kappa shape index (κ3) is 3.30. The van der Waals surface area contributed by atoms with E-state index in [1.54, 1.807) is 6.07 Å². The van der Waals surface area contributed by atoms with Crippen molar-refractivity contribution >= 4 is 5.91 Å². The molecule has 5 nitrogen and oxygen atoms in total. The minimum atomic E-state index is -1.04. The van der Waals surface area contributed by atoms with Crippen molar-refractivity contribution in [3.05, 3.63) is 69.9 Å². The summed E-state index contributed by atoms with van der Waals surface area (Å²) in [6.07, 6.45) is 0.373. The first-order valence-corrected chi connectivity index (χ1v) is 5.97. The fraction of sp³-hybridized carbons (Fsp3) is 0.143. The van der Waals surface area contributed by atoms with E-state index in [-0.39, 0.29) is 12.1 Å². The molecule has 6 heteroatoms. The fourth-order valence-electron chi connectivity index (χ4n) is 1.72. The van der Waals surface area contributed by atoms with Gasteiger partial charge in [-0.15, -0.1) is 0 Å². The fourth-order valence-corrected chi connectivity index (χ4v) is 1.72. The van der Waals surface area contributed by atoms with Crippen LogP contribution in [0, 0.1) is 5.82 Å². The van der Waals surface area contributed by atoms with Gasteiger partial charge in [-0.2, -0.15) is 0 Å². The van der Waals surface area contributed by atoms with E-state index in [1.807, 2.05) is 0 Å². The first kappa shape index (κ1) is 14.0. The van der Waals surface area contributed by atoms with Crippen molar-refractivity contribution < 1.29 is 14.3 Å². The molecule has 1 heterocycles. The van der Waals surface area contributed by atoms with Gasteiger partial charge in [-0.25, -0.2) is 4.39 Å². The lowest BCUT2D eigenvalue weighted by molar-refractivity contribution is 0.0914. The summed E-state index contributed by atoms with van der Waals surface area (Å²) < 4.78 is 13.0. The van der Waals surface area contributed by atoms with Crippen LogP contribution in [-0.2, 0) is 0 Å². The number of aromatic amines is 1. The summed E-state index contributed by atoms with van der Waals surface area (Å²) in [6, 6.07) is 8.37. The highest BCUT2D eigenvalue weighted by Gasteiger charge is 2.13. The molecule has 0 aliphatic heterocycles. The molecule has 0 spiro atoms. The number of pyridine rings is 1. The van der Waals surface area contributed by atoms with Crippen molar-refractivity contribution in [3.63, 3.8) is 0 Å². The number of carbonyl (C=O) groups is 1. The Hall–Kier alpha value is -2.47. The average Bonchev–Trinajstić information content (AvgIpc) is 2.45. The minimum Gasteiger partial charge on any atom is -0.387 e. The zero-order valence-electron chi connectivity index (χ0n) is 10.5. The second-order valence-electron chi connectivity index (χ2n) is 4.19. The normalized spacial score (nSPS) is 11.9. The van der Waals surface area contributed by atoms with Gasteiger partial charge in [0.1, 0.15) is 11.4 Å². The molecule has 20 heavy (non-hydrogen) atoms. The van der Waals surface area contributed by atoms with Crippen molar-refractivity contribution in [2.75, 3.05) is 6.54 Å². The van der Waals surface area contributed by atoms with Crippen LogP contribution in [-0.4, -0.2) is 22.5 Å². The molecule has 104 valence electrons. The van der Waals surface area contributed by atoms with E-state index in [9.17, 15) is 19.1 Å². The van der Waals surface area contributed by atoms with Gasteiger partial charge in [-0.05, 0) is 29.8 Å². The van der Waals surface area contributed by atoms with E-state index in [0.717, 1.165) is 0 Å². The predicted molar refractivity (Wildman–Crippen MR) is 70.8 cm³/mol. The molecule has 0 fully saturated rings. The van der Waals surface area contributed by atoms with Crippen LogP contribution in [0.1, 0.15) is 22.0 Å². The van der Waals surface area contributed by atoms with Crippen LogP contribution < -0.4 is 10.9 Å². The monoisotopic (exact) mass is 276 g/mol. The van der Waals surface area contributed by atoms with Crippen LogP contribution >= 0.6 is 0 Å². The van der Waals surface area contributed by atoms with Gasteiger partial charge in [-0.3, -0.25) is 9.59 Å². The zero-order valence-corrected chi connectivity index (χ0v) is 10.5. The number of halogens is 1. The van der Waals surface area contributed by atoms with Crippen LogP contribution in [0.15, 0.2) is 47.4 Å². The van der Waals surface area contributed by atoms with Crippen LogP contribution in [0.2, 0.25) is 0 Å². The van der Waals surface area contributed by atoms with Gasteiger partial charge in [0.15, 0.2) is 0 Å². The number of amides is 1. The first-order chi connectivity index (χ1) is 9.58. The summed E-state index contributed by atoms with van der Waals surface area (Å²) in [5.74, 6) is -1.06. The van der Waals surface area contributed by atoms with Crippen molar-refractivity contribution in [3.8, 4) is 0 Å². The number of hydrogen-bond donors (Lipinski definition) is 3. The number of carbonyl (C=O) groups excluding carboxylic acids is 1. The number of nitrogens with one attached hydrogen (secondary N) is 2. The SMILES string of the molecule is O=C(NC[C@@H](O)c1cccc(F)c1)c1ccc[nH]c1=O. The number of aromatic nitrogens is 1. The lowest BCUT2D eigenvalue weighted by Crippen LogP contribution is -2.32. The third-order valence-electron chi connectivity index (χ3n) is 2.75. The molecule has 2 aromatic rings. The van der Waals surface area contributed by atoms with Gasteiger partial charge in [0.25, 0.3) is 11.5 Å². The summed E-state index contributed by atoms with van der Waals surface area (Å²) in [5, 5.41) is 12.3. The maximum Gasteiger partial charge on any atom is 0.260 e. The zero-order chi connectivity index (χ0) is 14.5. The molecule has 1 aromatic heterocycles. The van der Waals surface area contributed by atoms with E-state index >= 15 is 0 Å². The molecule has 0 saturated heterocycles. The van der Waals surface area contributed by atoms with Gasteiger partial charge >= 0.3 is 0 Å². The smallest absolute Gasteiger partial charge is 0.260 e. The average molecular weight is 276 g/mol. The highest BCUT2D eigenvalue weighted by Crippen LogP contribution is 2.13. The lowest BCUT2D eigenvalue weighted by atomic mass is 10.1. The molecule has 0 aliphatic rings. The van der Waals surface area contributed by atoms with Crippen molar-refractivity contribution in [1.29, 1.82) is 0 Å². The maximum absolute atomic E-state index is 13.0. The van der Waals surface area contributed by atoms with Gasteiger partial charge in [0, 0.05) is 12.7 Å². The lowest BCUT2D eigenvalue weighted by Gasteiger charge is -2.12. The molecule has 0 unspecified atom stereocenters. The Morgan fingerprint density at radius 1 is 1.35 bits per heavy atom. The predicted octanol–water partition coefficient (Wildman–Crippen LogP) is 0.977. The number of H-pyrrole nitrogens is 1. The van der Waals surface area contributed by atoms with Gasteiger partial charge in [-0.1, -0.05) is 12.1 Å². The van der Waals surface area contributed by atoms with E-state index in [4.69, 9.17) is 0 Å². The highest BCUT2D eigenvalue weighted by molar-refractivity contribution is 5.93. The summed E-state index contributed by atoms with van der Waals surface area (Å²) >= 11 is 0. The first-order valence-electron chi connectivity index (χ1n) is 5.97. The van der Waals surface area contributed by atoms with E-state index in [2.05, 4.69) is 10.3 Å². The van der Waals surface area contributed by atoms with E-state index < -0.39 is 23.4 Å². The number of rotatable bonds is 4. The second-order valence-corrected chi connectivity index (χ2v) is 4.19. The van der Waals surface area contributed by atoms with E-state index in [0.29, 0.717) is 5.56 Å². The Kier molecular flexibility index (Phi) is 4.27.